The molecular formula is C25H22N4O5S. The molecule has 0 atom stereocenters. The first kappa shape index (κ1) is 22.6. The van der Waals surface area contributed by atoms with E-state index in [2.05, 4.69) is 10.3 Å². The summed E-state index contributed by atoms with van der Waals surface area (Å²) < 4.78 is 23.6. The van der Waals surface area contributed by atoms with Crippen molar-refractivity contribution in [1.29, 1.82) is 0 Å². The number of hydrogen-bond donors (Lipinski definition) is 3. The van der Waals surface area contributed by atoms with E-state index in [0.29, 0.717) is 47.4 Å². The standard InChI is InChI=1S/C25H22N4O5S/c1-35(33,34)20-6-3-15(4-7-20)21-13-17-8-10-26-24(30)22(17)23(28-21)27-19-5-2-18-14-29(25(31)32)11-9-16(18)12-19/h2-8,10,12-13H,9,11,14H2,1H3,(H,26,30)(H,27,28)(H,31,32). The molecule has 2 aromatic heterocycles. The van der Waals surface area contributed by atoms with Gasteiger partial charge < -0.3 is 20.3 Å². The van der Waals surface area contributed by atoms with E-state index in [1.54, 1.807) is 30.5 Å². The Balaban J connectivity index is 1.55. The molecule has 9 nitrogen and oxygen atoms in total. The molecule has 1 aliphatic heterocycles. The first-order valence-corrected chi connectivity index (χ1v) is 12.8. The third-order valence-corrected chi connectivity index (χ3v) is 7.21. The summed E-state index contributed by atoms with van der Waals surface area (Å²) in [6, 6.07) is 15.7. The molecule has 35 heavy (non-hydrogen) atoms. The highest BCUT2D eigenvalue weighted by Crippen LogP contribution is 2.30. The van der Waals surface area contributed by atoms with Crippen molar-refractivity contribution in [1.82, 2.24) is 14.9 Å². The number of sulfone groups is 1. The van der Waals surface area contributed by atoms with Crippen molar-refractivity contribution in [2.45, 2.75) is 17.9 Å². The predicted molar refractivity (Wildman–Crippen MR) is 133 cm³/mol. The van der Waals surface area contributed by atoms with Crippen LogP contribution in [0.3, 0.4) is 0 Å². The first-order valence-electron chi connectivity index (χ1n) is 10.9. The fourth-order valence-electron chi connectivity index (χ4n) is 4.26. The maximum absolute atomic E-state index is 12.7. The minimum Gasteiger partial charge on any atom is -0.465 e. The smallest absolute Gasteiger partial charge is 0.407 e. The Labute approximate surface area is 201 Å². The molecule has 0 spiro atoms. The Morgan fingerprint density at radius 2 is 1.86 bits per heavy atom. The Morgan fingerprint density at radius 1 is 1.09 bits per heavy atom. The number of fused-ring (bicyclic) bond motifs is 2. The summed E-state index contributed by atoms with van der Waals surface area (Å²) in [6.07, 6.45) is 2.38. The first-order chi connectivity index (χ1) is 16.7. The third kappa shape index (κ3) is 4.47. The van der Waals surface area contributed by atoms with Gasteiger partial charge in [-0.1, -0.05) is 18.2 Å². The molecule has 5 rings (SSSR count). The van der Waals surface area contributed by atoms with Crippen molar-refractivity contribution < 1.29 is 18.3 Å². The average Bonchev–Trinajstić information content (AvgIpc) is 2.83. The van der Waals surface area contributed by atoms with Crippen molar-refractivity contribution in [2.24, 2.45) is 0 Å². The van der Waals surface area contributed by atoms with Gasteiger partial charge in [0.1, 0.15) is 5.82 Å². The maximum Gasteiger partial charge on any atom is 0.407 e. The highest BCUT2D eigenvalue weighted by Gasteiger charge is 2.20. The summed E-state index contributed by atoms with van der Waals surface area (Å²) in [5.41, 5.74) is 3.72. The van der Waals surface area contributed by atoms with Crippen LogP contribution in [0.2, 0.25) is 0 Å². The van der Waals surface area contributed by atoms with Crippen LogP contribution in [-0.2, 0) is 22.8 Å². The van der Waals surface area contributed by atoms with Crippen LogP contribution in [0.5, 0.6) is 0 Å². The number of hydrogen-bond acceptors (Lipinski definition) is 6. The van der Waals surface area contributed by atoms with Gasteiger partial charge in [-0.25, -0.2) is 18.2 Å². The number of nitrogens with zero attached hydrogens (tertiary/aromatic N) is 2. The van der Waals surface area contributed by atoms with Crippen molar-refractivity contribution in [3.63, 3.8) is 0 Å². The Kier molecular flexibility index (Phi) is 5.52. The summed E-state index contributed by atoms with van der Waals surface area (Å²) in [7, 11) is -3.32. The normalized spacial score (nSPS) is 13.5. The van der Waals surface area contributed by atoms with Gasteiger partial charge in [-0.3, -0.25) is 4.79 Å². The molecule has 0 unspecified atom stereocenters. The SMILES string of the molecule is CS(=O)(=O)c1ccc(-c2cc3cc[nH]c(=O)c3c(Nc3ccc4c(c3)CCN(C(=O)O)C4)n2)cc1. The van der Waals surface area contributed by atoms with Gasteiger partial charge in [0, 0.05) is 36.8 Å². The number of carboxylic acid groups (broad SMARTS) is 1. The minimum absolute atomic E-state index is 0.215. The molecule has 0 bridgehead atoms. The summed E-state index contributed by atoms with van der Waals surface area (Å²) in [6.45, 7) is 0.760. The number of amides is 1. The van der Waals surface area contributed by atoms with E-state index < -0.39 is 15.9 Å². The highest BCUT2D eigenvalue weighted by atomic mass is 32.2. The largest absolute Gasteiger partial charge is 0.465 e. The number of anilines is 2. The van der Waals surface area contributed by atoms with Crippen LogP contribution in [0.15, 0.2) is 70.5 Å². The van der Waals surface area contributed by atoms with E-state index >= 15 is 0 Å². The second-order valence-electron chi connectivity index (χ2n) is 8.49. The zero-order valence-electron chi connectivity index (χ0n) is 18.8. The fraction of sp³-hybridized carbons (Fsp3) is 0.160. The zero-order valence-corrected chi connectivity index (χ0v) is 19.6. The van der Waals surface area contributed by atoms with E-state index in [1.165, 1.54) is 17.0 Å². The van der Waals surface area contributed by atoms with Gasteiger partial charge in [0.25, 0.3) is 5.56 Å². The van der Waals surface area contributed by atoms with Gasteiger partial charge in [0.15, 0.2) is 9.84 Å². The van der Waals surface area contributed by atoms with Crippen LogP contribution >= 0.6 is 0 Å². The lowest BCUT2D eigenvalue weighted by Gasteiger charge is -2.26. The number of nitrogens with one attached hydrogen (secondary N) is 2. The lowest BCUT2D eigenvalue weighted by atomic mass is 9.99. The van der Waals surface area contributed by atoms with E-state index in [0.717, 1.165) is 23.1 Å². The summed E-state index contributed by atoms with van der Waals surface area (Å²) in [5.74, 6) is 0.370. The van der Waals surface area contributed by atoms with Crippen LogP contribution in [0.25, 0.3) is 22.0 Å². The molecule has 0 saturated carbocycles. The zero-order chi connectivity index (χ0) is 24.7. The van der Waals surface area contributed by atoms with Gasteiger partial charge in [-0.05, 0) is 59.3 Å². The summed E-state index contributed by atoms with van der Waals surface area (Å²) in [4.78, 5) is 32.9. The Morgan fingerprint density at radius 3 is 2.57 bits per heavy atom. The van der Waals surface area contributed by atoms with E-state index in [-0.39, 0.29) is 10.5 Å². The van der Waals surface area contributed by atoms with E-state index in [1.807, 2.05) is 18.2 Å². The molecule has 0 fully saturated rings. The van der Waals surface area contributed by atoms with Gasteiger partial charge >= 0.3 is 6.09 Å². The van der Waals surface area contributed by atoms with Gasteiger partial charge in [-0.2, -0.15) is 0 Å². The van der Waals surface area contributed by atoms with Crippen molar-refractivity contribution >= 4 is 38.2 Å². The average molecular weight is 491 g/mol. The summed E-state index contributed by atoms with van der Waals surface area (Å²) >= 11 is 0. The summed E-state index contributed by atoms with van der Waals surface area (Å²) in [5, 5.41) is 13.6. The molecule has 1 aliphatic rings. The van der Waals surface area contributed by atoms with E-state index in [9.17, 15) is 23.1 Å². The molecule has 4 aromatic rings. The number of benzene rings is 2. The van der Waals surface area contributed by atoms with Gasteiger partial charge in [0.05, 0.1) is 16.0 Å². The molecule has 0 aliphatic carbocycles. The van der Waals surface area contributed by atoms with Crippen LogP contribution in [-0.4, -0.2) is 47.3 Å². The Bertz CT molecular complexity index is 1630. The maximum atomic E-state index is 12.7. The van der Waals surface area contributed by atoms with Gasteiger partial charge in [-0.15, -0.1) is 0 Å². The van der Waals surface area contributed by atoms with Crippen LogP contribution < -0.4 is 10.9 Å². The highest BCUT2D eigenvalue weighted by molar-refractivity contribution is 7.90. The molecular weight excluding hydrogens is 468 g/mol. The second kappa shape index (κ2) is 8.55. The topological polar surface area (TPSA) is 132 Å². The number of pyridine rings is 2. The second-order valence-corrected chi connectivity index (χ2v) is 10.5. The lowest BCUT2D eigenvalue weighted by Crippen LogP contribution is -2.34. The number of aromatic nitrogens is 2. The molecule has 178 valence electrons. The Hall–Kier alpha value is -4.18. The van der Waals surface area contributed by atoms with E-state index in [4.69, 9.17) is 4.98 Å². The fourth-order valence-corrected chi connectivity index (χ4v) is 4.89. The predicted octanol–water partition coefficient (Wildman–Crippen LogP) is 3.77. The minimum atomic E-state index is -3.32. The van der Waals surface area contributed by atoms with Crippen LogP contribution in [0.4, 0.5) is 16.3 Å². The number of H-pyrrole nitrogens is 1. The van der Waals surface area contributed by atoms with Crippen molar-refractivity contribution in [2.75, 3.05) is 18.1 Å². The van der Waals surface area contributed by atoms with Gasteiger partial charge in [0.2, 0.25) is 0 Å². The number of rotatable bonds is 4. The molecule has 0 radical (unpaired) electrons. The number of aromatic amines is 1. The molecule has 10 heteroatoms. The monoisotopic (exact) mass is 490 g/mol. The van der Waals surface area contributed by atoms with Crippen molar-refractivity contribution in [3.8, 4) is 11.3 Å². The van der Waals surface area contributed by atoms with Crippen LogP contribution in [0.1, 0.15) is 11.1 Å². The molecule has 2 aromatic carbocycles. The third-order valence-electron chi connectivity index (χ3n) is 6.08. The molecule has 1 amide bonds. The van der Waals surface area contributed by atoms with Crippen LogP contribution in [0, 0.1) is 0 Å². The molecule has 0 saturated heterocycles. The molecule has 3 heterocycles. The van der Waals surface area contributed by atoms with Crippen molar-refractivity contribution in [3.05, 3.63) is 82.3 Å². The quantitative estimate of drug-likeness (QED) is 0.397. The molecule has 3 N–H and O–H groups in total. The number of carbonyl (C=O) groups is 1. The lowest BCUT2D eigenvalue weighted by molar-refractivity contribution is 0.140.